The van der Waals surface area contributed by atoms with Gasteiger partial charge in [0, 0.05) is 11.3 Å². The van der Waals surface area contributed by atoms with Crippen molar-refractivity contribution in [3.63, 3.8) is 0 Å². The first kappa shape index (κ1) is 13.0. The van der Waals surface area contributed by atoms with E-state index in [9.17, 15) is 14.4 Å². The van der Waals surface area contributed by atoms with Crippen LogP contribution in [0.5, 0.6) is 0 Å². The molecule has 0 atom stereocenters. The Morgan fingerprint density at radius 3 is 2.35 bits per heavy atom. The fourth-order valence-electron chi connectivity index (χ4n) is 1.29. The quantitative estimate of drug-likeness (QED) is 0.570. The number of aliphatic carboxylic acids is 1. The van der Waals surface area contributed by atoms with Crippen LogP contribution >= 0.6 is 0 Å². The minimum absolute atomic E-state index is 0.151. The number of hydrogen-bond acceptors (Lipinski definition) is 3. The predicted octanol–water partition coefficient (Wildman–Crippen LogP) is -0.467. The van der Waals surface area contributed by atoms with E-state index in [1.54, 1.807) is 6.92 Å². The minimum Gasteiger partial charge on any atom is -0.480 e. The van der Waals surface area contributed by atoms with Crippen LogP contribution in [0.25, 0.3) is 0 Å². The van der Waals surface area contributed by atoms with E-state index in [1.165, 1.54) is 13.8 Å². The van der Waals surface area contributed by atoms with Gasteiger partial charge < -0.3 is 15.5 Å². The van der Waals surface area contributed by atoms with Crippen molar-refractivity contribution in [2.24, 2.45) is 0 Å². The van der Waals surface area contributed by atoms with Crippen molar-refractivity contribution in [2.45, 2.75) is 32.7 Å². The maximum Gasteiger partial charge on any atom is 0.328 e. The van der Waals surface area contributed by atoms with Gasteiger partial charge in [-0.05, 0) is 20.8 Å². The monoisotopic (exact) mass is 241 g/mol. The van der Waals surface area contributed by atoms with Crippen molar-refractivity contribution in [3.05, 3.63) is 21.6 Å². The SMILES string of the molecule is Cc1[nH][nH]c(=O)c1CC(=O)NC(C)(C)C(=O)O. The maximum absolute atomic E-state index is 11.6. The van der Waals surface area contributed by atoms with E-state index in [1.807, 2.05) is 0 Å². The van der Waals surface area contributed by atoms with Crippen LogP contribution in [0.3, 0.4) is 0 Å². The topological polar surface area (TPSA) is 115 Å². The predicted molar refractivity (Wildman–Crippen MR) is 59.7 cm³/mol. The Kier molecular flexibility index (Phi) is 3.40. The van der Waals surface area contributed by atoms with E-state index >= 15 is 0 Å². The number of hydrogen-bond donors (Lipinski definition) is 4. The Morgan fingerprint density at radius 2 is 1.94 bits per heavy atom. The van der Waals surface area contributed by atoms with Gasteiger partial charge in [-0.15, -0.1) is 0 Å². The van der Waals surface area contributed by atoms with E-state index in [0.717, 1.165) is 0 Å². The number of carboxylic acid groups (broad SMARTS) is 1. The van der Waals surface area contributed by atoms with Gasteiger partial charge >= 0.3 is 5.97 Å². The summed E-state index contributed by atoms with van der Waals surface area (Å²) in [5.74, 6) is -1.64. The smallest absolute Gasteiger partial charge is 0.328 e. The molecule has 1 amide bonds. The third-order valence-corrected chi connectivity index (χ3v) is 2.41. The molecule has 0 bridgehead atoms. The fourth-order valence-corrected chi connectivity index (χ4v) is 1.29. The summed E-state index contributed by atoms with van der Waals surface area (Å²) in [6.07, 6.45) is -0.151. The van der Waals surface area contributed by atoms with Gasteiger partial charge in [-0.3, -0.25) is 14.7 Å². The summed E-state index contributed by atoms with van der Waals surface area (Å²) in [4.78, 5) is 33.7. The van der Waals surface area contributed by atoms with Gasteiger partial charge in [0.2, 0.25) is 5.91 Å². The second-order valence-corrected chi connectivity index (χ2v) is 4.34. The first-order chi connectivity index (χ1) is 7.74. The van der Waals surface area contributed by atoms with Gasteiger partial charge in [-0.25, -0.2) is 4.79 Å². The number of carbonyl (C=O) groups is 2. The Labute approximate surface area is 97.2 Å². The lowest BCUT2D eigenvalue weighted by molar-refractivity contribution is -0.145. The number of aryl methyl sites for hydroxylation is 1. The van der Waals surface area contributed by atoms with Crippen molar-refractivity contribution >= 4 is 11.9 Å². The van der Waals surface area contributed by atoms with E-state index in [0.29, 0.717) is 11.3 Å². The molecule has 0 unspecified atom stereocenters. The van der Waals surface area contributed by atoms with E-state index in [2.05, 4.69) is 15.5 Å². The summed E-state index contributed by atoms with van der Waals surface area (Å²) in [5.41, 5.74) is -0.846. The van der Waals surface area contributed by atoms with Crippen molar-refractivity contribution in [2.75, 3.05) is 0 Å². The van der Waals surface area contributed by atoms with Crippen LogP contribution in [-0.2, 0) is 16.0 Å². The molecule has 0 saturated heterocycles. The summed E-state index contributed by atoms with van der Waals surface area (Å²) >= 11 is 0. The first-order valence-electron chi connectivity index (χ1n) is 5.04. The zero-order valence-electron chi connectivity index (χ0n) is 9.88. The molecule has 1 rings (SSSR count). The molecule has 1 aromatic rings. The van der Waals surface area contributed by atoms with Gasteiger partial charge in [0.1, 0.15) is 5.54 Å². The Balaban J connectivity index is 2.75. The fraction of sp³-hybridized carbons (Fsp3) is 0.500. The second-order valence-electron chi connectivity index (χ2n) is 4.34. The van der Waals surface area contributed by atoms with Crippen molar-refractivity contribution < 1.29 is 14.7 Å². The highest BCUT2D eigenvalue weighted by Gasteiger charge is 2.29. The van der Waals surface area contributed by atoms with Crippen molar-refractivity contribution in [3.8, 4) is 0 Å². The molecule has 1 heterocycles. The number of H-pyrrole nitrogens is 2. The molecule has 0 fully saturated rings. The zero-order valence-corrected chi connectivity index (χ0v) is 9.88. The van der Waals surface area contributed by atoms with Crippen LogP contribution in [0.1, 0.15) is 25.1 Å². The van der Waals surface area contributed by atoms with Gasteiger partial charge in [-0.2, -0.15) is 0 Å². The third kappa shape index (κ3) is 2.96. The van der Waals surface area contributed by atoms with Crippen LogP contribution in [0.15, 0.2) is 4.79 Å². The van der Waals surface area contributed by atoms with E-state index < -0.39 is 17.4 Å². The summed E-state index contributed by atoms with van der Waals surface area (Å²) in [6.45, 7) is 4.41. The molecule has 0 aliphatic rings. The van der Waals surface area contributed by atoms with Crippen LogP contribution in [0.2, 0.25) is 0 Å². The molecule has 7 nitrogen and oxygen atoms in total. The summed E-state index contributed by atoms with van der Waals surface area (Å²) in [6, 6.07) is 0. The van der Waals surface area contributed by atoms with Crippen LogP contribution < -0.4 is 10.9 Å². The van der Waals surface area contributed by atoms with Crippen molar-refractivity contribution in [1.29, 1.82) is 0 Å². The summed E-state index contributed by atoms with van der Waals surface area (Å²) in [5, 5.41) is 16.1. The molecule has 0 aliphatic carbocycles. The van der Waals surface area contributed by atoms with Crippen LogP contribution in [-0.4, -0.2) is 32.7 Å². The number of carboxylic acids is 1. The van der Waals surface area contributed by atoms with Gasteiger partial charge in [-0.1, -0.05) is 0 Å². The molecule has 0 spiro atoms. The highest BCUT2D eigenvalue weighted by molar-refractivity contribution is 5.87. The number of amides is 1. The molecule has 0 aliphatic heterocycles. The highest BCUT2D eigenvalue weighted by Crippen LogP contribution is 2.04. The molecular formula is C10H15N3O4. The average molecular weight is 241 g/mol. The van der Waals surface area contributed by atoms with Crippen LogP contribution in [0.4, 0.5) is 0 Å². The van der Waals surface area contributed by atoms with Crippen LogP contribution in [0, 0.1) is 6.92 Å². The van der Waals surface area contributed by atoms with E-state index in [-0.39, 0.29) is 12.0 Å². The molecule has 0 aromatic carbocycles. The lowest BCUT2D eigenvalue weighted by Crippen LogP contribution is -2.50. The van der Waals surface area contributed by atoms with Gasteiger partial charge in [0.15, 0.2) is 0 Å². The Hall–Kier alpha value is -2.05. The number of carbonyl (C=O) groups excluding carboxylic acids is 1. The summed E-state index contributed by atoms with van der Waals surface area (Å²) in [7, 11) is 0. The highest BCUT2D eigenvalue weighted by atomic mass is 16.4. The lowest BCUT2D eigenvalue weighted by atomic mass is 10.1. The van der Waals surface area contributed by atoms with Crippen molar-refractivity contribution in [1.82, 2.24) is 15.5 Å². The number of aromatic amines is 2. The molecule has 1 aromatic heterocycles. The molecule has 7 heteroatoms. The molecule has 94 valence electrons. The number of rotatable bonds is 4. The number of nitrogens with one attached hydrogen (secondary N) is 3. The molecule has 17 heavy (non-hydrogen) atoms. The summed E-state index contributed by atoms with van der Waals surface area (Å²) < 4.78 is 0. The normalized spacial score (nSPS) is 11.2. The first-order valence-corrected chi connectivity index (χ1v) is 5.04. The van der Waals surface area contributed by atoms with Gasteiger partial charge in [0.05, 0.1) is 6.42 Å². The molecular weight excluding hydrogens is 226 g/mol. The molecule has 0 radical (unpaired) electrons. The third-order valence-electron chi connectivity index (χ3n) is 2.41. The second kappa shape index (κ2) is 4.44. The van der Waals surface area contributed by atoms with E-state index in [4.69, 9.17) is 5.11 Å². The standard InChI is InChI=1S/C10H15N3O4/c1-5-6(8(15)13-12-5)4-7(14)11-10(2,3)9(16)17/h4H2,1-3H3,(H,11,14)(H,16,17)(H2,12,13,15). The Morgan fingerprint density at radius 1 is 1.35 bits per heavy atom. The lowest BCUT2D eigenvalue weighted by Gasteiger charge is -2.20. The largest absolute Gasteiger partial charge is 0.480 e. The number of aromatic nitrogens is 2. The minimum atomic E-state index is -1.35. The van der Waals surface area contributed by atoms with Gasteiger partial charge in [0.25, 0.3) is 5.56 Å². The zero-order chi connectivity index (χ0) is 13.2. The average Bonchev–Trinajstić information content (AvgIpc) is 2.48. The molecule has 4 N–H and O–H groups in total. The maximum atomic E-state index is 11.6. The molecule has 0 saturated carbocycles. The Bertz CT molecular complexity index is 498.